The van der Waals surface area contributed by atoms with E-state index in [0.29, 0.717) is 0 Å². The van der Waals surface area contributed by atoms with Crippen molar-refractivity contribution in [1.29, 1.82) is 0 Å². The normalized spacial score (nSPS) is 16.9. The molecule has 116 valence electrons. The van der Waals surface area contributed by atoms with Gasteiger partial charge >= 0.3 is 0 Å². The number of anilines is 1. The van der Waals surface area contributed by atoms with Gasteiger partial charge in [0.2, 0.25) is 0 Å². The van der Waals surface area contributed by atoms with Crippen molar-refractivity contribution in [2.24, 2.45) is 0 Å². The van der Waals surface area contributed by atoms with Crippen LogP contribution in [0.4, 0.5) is 10.1 Å². The van der Waals surface area contributed by atoms with Crippen LogP contribution in [0.2, 0.25) is 0 Å². The molecule has 0 unspecified atom stereocenters. The van der Waals surface area contributed by atoms with Gasteiger partial charge in [0.25, 0.3) is 11.8 Å². The number of thiocarbonyl (C=S) groups is 1. The first-order valence-corrected chi connectivity index (χ1v) is 7.98. The second-order valence-electron chi connectivity index (χ2n) is 4.88. The second-order valence-corrected chi connectivity index (χ2v) is 6.21. The Morgan fingerprint density at radius 2 is 2.00 bits per heavy atom. The van der Waals surface area contributed by atoms with Crippen molar-refractivity contribution in [2.75, 3.05) is 4.90 Å². The highest BCUT2D eigenvalue weighted by molar-refractivity contribution is 7.80. The molecule has 0 aliphatic carbocycles. The van der Waals surface area contributed by atoms with Crippen molar-refractivity contribution in [3.05, 3.63) is 57.5 Å². The summed E-state index contributed by atoms with van der Waals surface area (Å²) >= 11 is 6.45. The van der Waals surface area contributed by atoms with Crippen molar-refractivity contribution in [3.63, 3.8) is 0 Å². The maximum Gasteiger partial charge on any atom is 0.270 e. The van der Waals surface area contributed by atoms with Gasteiger partial charge < -0.3 is 0 Å². The van der Waals surface area contributed by atoms with E-state index < -0.39 is 17.6 Å². The Hall–Kier alpha value is -2.38. The fourth-order valence-corrected chi connectivity index (χ4v) is 3.31. The van der Waals surface area contributed by atoms with Gasteiger partial charge in [-0.1, -0.05) is 12.1 Å². The SMILES string of the molecule is Cc1ccsc1/C=C1\C(=O)NC(=S)N(c2ccccc2F)C1=O. The molecule has 0 atom stereocenters. The zero-order valence-electron chi connectivity index (χ0n) is 12.0. The van der Waals surface area contributed by atoms with Crippen LogP contribution in [0.3, 0.4) is 0 Å². The standard InChI is InChI=1S/C16H11FN2O2S2/c1-9-6-7-23-13(9)8-10-14(20)18-16(22)19(15(10)21)12-5-3-2-4-11(12)17/h2-8H,1H3,(H,18,20,22)/b10-8+. The van der Waals surface area contributed by atoms with E-state index in [4.69, 9.17) is 12.2 Å². The third kappa shape index (κ3) is 2.80. The number of rotatable bonds is 2. The van der Waals surface area contributed by atoms with Gasteiger partial charge in [0.1, 0.15) is 11.4 Å². The molecule has 2 heterocycles. The fourth-order valence-electron chi connectivity index (χ4n) is 2.17. The number of carbonyl (C=O) groups excluding carboxylic acids is 2. The average molecular weight is 346 g/mol. The first-order chi connectivity index (χ1) is 11.0. The number of hydrogen-bond donors (Lipinski definition) is 1. The number of nitrogens with one attached hydrogen (secondary N) is 1. The molecule has 3 rings (SSSR count). The minimum absolute atomic E-state index is 0.0105. The van der Waals surface area contributed by atoms with Gasteiger partial charge in [-0.05, 0) is 54.4 Å². The van der Waals surface area contributed by atoms with Crippen LogP contribution in [0.25, 0.3) is 6.08 Å². The smallest absolute Gasteiger partial charge is 0.270 e. The lowest BCUT2D eigenvalue weighted by molar-refractivity contribution is -0.122. The van der Waals surface area contributed by atoms with Gasteiger partial charge in [-0.3, -0.25) is 14.9 Å². The molecule has 1 fully saturated rings. The number of carbonyl (C=O) groups is 2. The predicted octanol–water partition coefficient (Wildman–Crippen LogP) is 3.03. The Balaban J connectivity index is 2.07. The summed E-state index contributed by atoms with van der Waals surface area (Å²) in [5, 5.41) is 4.17. The fraction of sp³-hybridized carbons (Fsp3) is 0.0625. The Kier molecular flexibility index (Phi) is 4.06. The van der Waals surface area contributed by atoms with E-state index in [9.17, 15) is 14.0 Å². The maximum atomic E-state index is 14.0. The largest absolute Gasteiger partial charge is 0.298 e. The Morgan fingerprint density at radius 1 is 1.26 bits per heavy atom. The summed E-state index contributed by atoms with van der Waals surface area (Å²) in [4.78, 5) is 26.6. The molecule has 23 heavy (non-hydrogen) atoms. The monoisotopic (exact) mass is 346 g/mol. The highest BCUT2D eigenvalue weighted by atomic mass is 32.1. The van der Waals surface area contributed by atoms with E-state index in [1.54, 1.807) is 6.07 Å². The van der Waals surface area contributed by atoms with Gasteiger partial charge in [-0.15, -0.1) is 11.3 Å². The molecule has 1 aliphatic rings. The quantitative estimate of drug-likeness (QED) is 0.517. The van der Waals surface area contributed by atoms with Crippen LogP contribution in [0.1, 0.15) is 10.4 Å². The highest BCUT2D eigenvalue weighted by Crippen LogP contribution is 2.26. The lowest BCUT2D eigenvalue weighted by Crippen LogP contribution is -2.54. The molecule has 2 amide bonds. The van der Waals surface area contributed by atoms with Crippen molar-refractivity contribution >= 4 is 52.2 Å². The molecule has 2 aromatic rings. The number of benzene rings is 1. The molecule has 0 radical (unpaired) electrons. The summed E-state index contributed by atoms with van der Waals surface area (Å²) in [5.41, 5.74) is 0.886. The van der Waals surface area contributed by atoms with E-state index in [1.807, 2.05) is 18.4 Å². The number of halogens is 1. The third-order valence-electron chi connectivity index (χ3n) is 3.37. The Labute approximate surface area is 141 Å². The molecule has 1 aromatic carbocycles. The minimum atomic E-state index is -0.642. The maximum absolute atomic E-state index is 14.0. The van der Waals surface area contributed by atoms with Crippen LogP contribution in [0.15, 0.2) is 41.3 Å². The van der Waals surface area contributed by atoms with Crippen molar-refractivity contribution < 1.29 is 14.0 Å². The molecular weight excluding hydrogens is 335 g/mol. The number of thiophene rings is 1. The third-order valence-corrected chi connectivity index (χ3v) is 4.62. The molecular formula is C16H11FN2O2S2. The van der Waals surface area contributed by atoms with E-state index in [-0.39, 0.29) is 16.4 Å². The van der Waals surface area contributed by atoms with Gasteiger partial charge in [0.15, 0.2) is 5.11 Å². The summed E-state index contributed by atoms with van der Waals surface area (Å²) in [5.74, 6) is -1.82. The van der Waals surface area contributed by atoms with Gasteiger partial charge in [0, 0.05) is 4.88 Å². The van der Waals surface area contributed by atoms with Crippen LogP contribution in [-0.4, -0.2) is 16.9 Å². The number of para-hydroxylation sites is 1. The van der Waals surface area contributed by atoms with E-state index in [2.05, 4.69) is 5.32 Å². The molecule has 1 aromatic heterocycles. The summed E-state index contributed by atoms with van der Waals surface area (Å²) in [6, 6.07) is 7.67. The van der Waals surface area contributed by atoms with Crippen LogP contribution in [-0.2, 0) is 9.59 Å². The first kappa shape index (κ1) is 15.5. The summed E-state index contributed by atoms with van der Waals surface area (Å²) < 4.78 is 14.0. The second kappa shape index (κ2) is 6.02. The first-order valence-electron chi connectivity index (χ1n) is 6.69. The number of nitrogens with zero attached hydrogens (tertiary/aromatic N) is 1. The van der Waals surface area contributed by atoms with Crippen LogP contribution >= 0.6 is 23.6 Å². The number of hydrogen-bond acceptors (Lipinski definition) is 4. The van der Waals surface area contributed by atoms with Gasteiger partial charge in [-0.2, -0.15) is 0 Å². The summed E-state index contributed by atoms with van der Waals surface area (Å²) in [7, 11) is 0. The van der Waals surface area contributed by atoms with Crippen LogP contribution in [0, 0.1) is 12.7 Å². The van der Waals surface area contributed by atoms with E-state index in [1.165, 1.54) is 35.6 Å². The van der Waals surface area contributed by atoms with Gasteiger partial charge in [-0.25, -0.2) is 9.29 Å². The molecule has 0 bridgehead atoms. The molecule has 0 spiro atoms. The topological polar surface area (TPSA) is 49.4 Å². The predicted molar refractivity (Wildman–Crippen MR) is 91.7 cm³/mol. The lowest BCUT2D eigenvalue weighted by Gasteiger charge is -2.29. The zero-order valence-corrected chi connectivity index (χ0v) is 13.6. The molecule has 1 saturated heterocycles. The minimum Gasteiger partial charge on any atom is -0.298 e. The average Bonchev–Trinajstić information content (AvgIpc) is 2.90. The summed E-state index contributed by atoms with van der Waals surface area (Å²) in [6.07, 6.45) is 1.51. The molecule has 1 N–H and O–H groups in total. The van der Waals surface area contributed by atoms with Crippen molar-refractivity contribution in [3.8, 4) is 0 Å². The van der Waals surface area contributed by atoms with Crippen LogP contribution < -0.4 is 10.2 Å². The Bertz CT molecular complexity index is 857. The van der Waals surface area contributed by atoms with Gasteiger partial charge in [0.05, 0.1) is 5.69 Å². The molecule has 4 nitrogen and oxygen atoms in total. The summed E-state index contributed by atoms with van der Waals surface area (Å²) in [6.45, 7) is 1.88. The molecule has 1 aliphatic heterocycles. The highest BCUT2D eigenvalue weighted by Gasteiger charge is 2.35. The lowest BCUT2D eigenvalue weighted by atomic mass is 10.1. The number of amides is 2. The number of aryl methyl sites for hydroxylation is 1. The van der Waals surface area contributed by atoms with Crippen LogP contribution in [0.5, 0.6) is 0 Å². The van der Waals surface area contributed by atoms with Crippen molar-refractivity contribution in [1.82, 2.24) is 5.32 Å². The van der Waals surface area contributed by atoms with E-state index in [0.717, 1.165) is 15.3 Å². The molecule has 0 saturated carbocycles. The van der Waals surface area contributed by atoms with Crippen molar-refractivity contribution in [2.45, 2.75) is 6.92 Å². The molecule has 7 heteroatoms. The van der Waals surface area contributed by atoms with E-state index >= 15 is 0 Å². The Morgan fingerprint density at radius 3 is 2.65 bits per heavy atom. The zero-order chi connectivity index (χ0) is 16.6.